The van der Waals surface area contributed by atoms with Gasteiger partial charge in [-0.05, 0) is 54.8 Å². The molecule has 8 nitrogen and oxygen atoms in total. The maximum Gasteiger partial charge on any atom is 0.295 e. The normalized spacial score (nSPS) is 17.8. The molecule has 1 saturated heterocycles. The zero-order valence-corrected chi connectivity index (χ0v) is 22.0. The van der Waals surface area contributed by atoms with E-state index in [-0.39, 0.29) is 17.9 Å². The molecule has 8 heteroatoms. The lowest BCUT2D eigenvalue weighted by molar-refractivity contribution is -0.140. The molecule has 0 bridgehead atoms. The summed E-state index contributed by atoms with van der Waals surface area (Å²) in [6.07, 6.45) is 0.833. The molecule has 1 fully saturated rings. The van der Waals surface area contributed by atoms with Crippen LogP contribution in [0.1, 0.15) is 43.0 Å². The first kappa shape index (κ1) is 26.2. The highest BCUT2D eigenvalue weighted by atomic mass is 16.6. The minimum absolute atomic E-state index is 0.00251. The SMILES string of the molecule is CCCOc1ccc([C@@H]2/C(=C(\O)c3ccc4c(c3)OCCO4)C(=O)C(=O)N2Cc2ccccc2)cc1OCC. The van der Waals surface area contributed by atoms with Crippen LogP contribution in [0.25, 0.3) is 5.76 Å². The van der Waals surface area contributed by atoms with Gasteiger partial charge < -0.3 is 29.0 Å². The van der Waals surface area contributed by atoms with Crippen molar-refractivity contribution >= 4 is 17.4 Å². The van der Waals surface area contributed by atoms with Gasteiger partial charge in [-0.25, -0.2) is 0 Å². The first-order valence-electron chi connectivity index (χ1n) is 13.1. The van der Waals surface area contributed by atoms with Crippen molar-refractivity contribution in [2.75, 3.05) is 26.4 Å². The van der Waals surface area contributed by atoms with Gasteiger partial charge in [-0.3, -0.25) is 9.59 Å². The second kappa shape index (κ2) is 11.5. The van der Waals surface area contributed by atoms with E-state index in [0.29, 0.717) is 60.6 Å². The molecule has 2 aliphatic rings. The zero-order valence-electron chi connectivity index (χ0n) is 22.0. The number of aliphatic hydroxyl groups is 1. The number of carbonyl (C=O) groups is 2. The monoisotopic (exact) mass is 529 g/mol. The van der Waals surface area contributed by atoms with Gasteiger partial charge in [0.15, 0.2) is 23.0 Å². The Morgan fingerprint density at radius 3 is 2.44 bits per heavy atom. The zero-order chi connectivity index (χ0) is 27.4. The summed E-state index contributed by atoms with van der Waals surface area (Å²) in [5.74, 6) is 0.386. The summed E-state index contributed by atoms with van der Waals surface area (Å²) in [5, 5.41) is 11.5. The molecule has 3 aromatic carbocycles. The molecule has 0 spiro atoms. The third-order valence-corrected chi connectivity index (χ3v) is 6.60. The summed E-state index contributed by atoms with van der Waals surface area (Å²) in [4.78, 5) is 28.4. The van der Waals surface area contributed by atoms with Crippen LogP contribution < -0.4 is 18.9 Å². The molecule has 0 aliphatic carbocycles. The summed E-state index contributed by atoms with van der Waals surface area (Å²) < 4.78 is 23.0. The molecule has 2 heterocycles. The summed E-state index contributed by atoms with van der Waals surface area (Å²) in [6.45, 7) is 5.83. The standard InChI is InChI=1S/C31H31NO7/c1-3-14-37-23-12-10-21(17-25(23)36-4-2)28-27(29(33)22-11-13-24-26(18-22)39-16-15-38-24)30(34)31(35)32(28)19-20-8-6-5-7-9-20/h5-13,17-18,28,33H,3-4,14-16,19H2,1-2H3/b29-27+/t28-/m1/s1. The molecule has 0 unspecified atom stereocenters. The molecule has 0 aromatic heterocycles. The van der Waals surface area contributed by atoms with Crippen molar-refractivity contribution in [2.24, 2.45) is 0 Å². The Hall–Kier alpha value is -4.46. The molecule has 39 heavy (non-hydrogen) atoms. The maximum absolute atomic E-state index is 13.5. The number of nitrogens with zero attached hydrogens (tertiary/aromatic N) is 1. The van der Waals surface area contributed by atoms with E-state index < -0.39 is 17.7 Å². The van der Waals surface area contributed by atoms with Gasteiger partial charge in [-0.1, -0.05) is 43.3 Å². The molecule has 0 saturated carbocycles. The van der Waals surface area contributed by atoms with Crippen molar-refractivity contribution in [1.82, 2.24) is 4.90 Å². The molecule has 3 aromatic rings. The van der Waals surface area contributed by atoms with Crippen LogP contribution >= 0.6 is 0 Å². The Labute approximate surface area is 227 Å². The Bertz CT molecular complexity index is 1400. The van der Waals surface area contributed by atoms with E-state index >= 15 is 0 Å². The fourth-order valence-corrected chi connectivity index (χ4v) is 4.81. The van der Waals surface area contributed by atoms with Crippen LogP contribution in [-0.4, -0.2) is 48.1 Å². The Morgan fingerprint density at radius 1 is 0.923 bits per heavy atom. The summed E-state index contributed by atoms with van der Waals surface area (Å²) >= 11 is 0. The fraction of sp³-hybridized carbons (Fsp3) is 0.290. The molecule has 0 radical (unpaired) electrons. The van der Waals surface area contributed by atoms with Crippen LogP contribution in [0.3, 0.4) is 0 Å². The molecule has 1 amide bonds. The average molecular weight is 530 g/mol. The van der Waals surface area contributed by atoms with Crippen molar-refractivity contribution in [1.29, 1.82) is 0 Å². The van der Waals surface area contributed by atoms with Crippen LogP contribution in [0, 0.1) is 0 Å². The summed E-state index contributed by atoms with van der Waals surface area (Å²) in [7, 11) is 0. The summed E-state index contributed by atoms with van der Waals surface area (Å²) in [6, 6.07) is 18.9. The maximum atomic E-state index is 13.5. The average Bonchev–Trinajstić information content (AvgIpc) is 3.21. The highest BCUT2D eigenvalue weighted by Gasteiger charge is 2.46. The first-order chi connectivity index (χ1) is 19.0. The predicted molar refractivity (Wildman–Crippen MR) is 145 cm³/mol. The van der Waals surface area contributed by atoms with Gasteiger partial charge in [0.2, 0.25) is 0 Å². The Kier molecular flexibility index (Phi) is 7.72. The van der Waals surface area contributed by atoms with Crippen LogP contribution in [0.4, 0.5) is 0 Å². The third kappa shape index (κ3) is 5.27. The number of Topliss-reactive ketones (excluding diaryl/α,β-unsaturated/α-hetero) is 1. The van der Waals surface area contributed by atoms with Crippen molar-refractivity contribution in [3.8, 4) is 23.0 Å². The van der Waals surface area contributed by atoms with Crippen molar-refractivity contribution in [2.45, 2.75) is 32.9 Å². The second-order valence-electron chi connectivity index (χ2n) is 9.26. The number of rotatable bonds is 9. The van der Waals surface area contributed by atoms with Gasteiger partial charge in [-0.15, -0.1) is 0 Å². The highest BCUT2D eigenvalue weighted by Crippen LogP contribution is 2.43. The highest BCUT2D eigenvalue weighted by molar-refractivity contribution is 6.46. The number of carbonyl (C=O) groups excluding carboxylic acids is 2. The Balaban J connectivity index is 1.63. The number of fused-ring (bicyclic) bond motifs is 1. The lowest BCUT2D eigenvalue weighted by Gasteiger charge is -2.26. The van der Waals surface area contributed by atoms with E-state index in [4.69, 9.17) is 18.9 Å². The second-order valence-corrected chi connectivity index (χ2v) is 9.26. The van der Waals surface area contributed by atoms with Gasteiger partial charge in [-0.2, -0.15) is 0 Å². The van der Waals surface area contributed by atoms with Gasteiger partial charge in [0.25, 0.3) is 11.7 Å². The quantitative estimate of drug-likeness (QED) is 0.229. The third-order valence-electron chi connectivity index (χ3n) is 6.60. The number of likely N-dealkylation sites (tertiary alicyclic amines) is 1. The molecular weight excluding hydrogens is 498 g/mol. The lowest BCUT2D eigenvalue weighted by atomic mass is 9.94. The van der Waals surface area contributed by atoms with Crippen molar-refractivity contribution in [3.05, 3.63) is 89.0 Å². The number of ether oxygens (including phenoxy) is 4. The van der Waals surface area contributed by atoms with E-state index in [0.717, 1.165) is 12.0 Å². The van der Waals surface area contributed by atoms with Crippen molar-refractivity contribution in [3.63, 3.8) is 0 Å². The predicted octanol–water partition coefficient (Wildman–Crippen LogP) is 5.27. The lowest BCUT2D eigenvalue weighted by Crippen LogP contribution is -2.29. The van der Waals surface area contributed by atoms with E-state index in [2.05, 4.69) is 0 Å². The first-order valence-corrected chi connectivity index (χ1v) is 13.1. The minimum Gasteiger partial charge on any atom is -0.507 e. The summed E-state index contributed by atoms with van der Waals surface area (Å²) in [5.41, 5.74) is 1.83. The van der Waals surface area contributed by atoms with E-state index in [9.17, 15) is 14.7 Å². The fourth-order valence-electron chi connectivity index (χ4n) is 4.81. The molecule has 1 atom stereocenters. The van der Waals surface area contributed by atoms with Crippen LogP contribution in [0.2, 0.25) is 0 Å². The molecule has 1 N–H and O–H groups in total. The molecule has 2 aliphatic heterocycles. The van der Waals surface area contributed by atoms with E-state index in [1.54, 1.807) is 36.4 Å². The topological polar surface area (TPSA) is 94.5 Å². The van der Waals surface area contributed by atoms with Gasteiger partial charge >= 0.3 is 0 Å². The largest absolute Gasteiger partial charge is 0.507 e. The smallest absolute Gasteiger partial charge is 0.295 e. The van der Waals surface area contributed by atoms with Crippen LogP contribution in [-0.2, 0) is 16.1 Å². The number of benzene rings is 3. The van der Waals surface area contributed by atoms with Crippen molar-refractivity contribution < 1.29 is 33.6 Å². The van der Waals surface area contributed by atoms with E-state index in [1.165, 1.54) is 4.90 Å². The van der Waals surface area contributed by atoms with Gasteiger partial charge in [0, 0.05) is 12.1 Å². The molecule has 5 rings (SSSR count). The van der Waals surface area contributed by atoms with Crippen LogP contribution in [0.15, 0.2) is 72.3 Å². The Morgan fingerprint density at radius 2 is 1.69 bits per heavy atom. The van der Waals surface area contributed by atoms with Gasteiger partial charge in [0.05, 0.1) is 24.8 Å². The number of amides is 1. The number of hydrogen-bond donors (Lipinski definition) is 1. The molecular formula is C31H31NO7. The van der Waals surface area contributed by atoms with Crippen LogP contribution in [0.5, 0.6) is 23.0 Å². The molecule has 202 valence electrons. The minimum atomic E-state index is -0.849. The number of hydrogen-bond acceptors (Lipinski definition) is 7. The van der Waals surface area contributed by atoms with Gasteiger partial charge in [0.1, 0.15) is 19.0 Å². The number of aliphatic hydroxyl groups excluding tert-OH is 1. The number of ketones is 1. The van der Waals surface area contributed by atoms with E-state index in [1.807, 2.05) is 44.2 Å².